The summed E-state index contributed by atoms with van der Waals surface area (Å²) in [4.78, 5) is 19.6. The molecule has 2 aliphatic rings. The normalized spacial score (nSPS) is 18.9. The first-order chi connectivity index (χ1) is 15.6. The molecule has 0 aromatic carbocycles. The van der Waals surface area contributed by atoms with Crippen molar-refractivity contribution in [2.45, 2.75) is 51.7 Å². The summed E-state index contributed by atoms with van der Waals surface area (Å²) >= 11 is 0. The number of ether oxygens (including phenoxy) is 3. The van der Waals surface area contributed by atoms with Crippen molar-refractivity contribution in [1.82, 2.24) is 10.3 Å². The van der Waals surface area contributed by atoms with E-state index in [1.165, 1.54) is 0 Å². The van der Waals surface area contributed by atoms with E-state index < -0.39 is 6.63 Å². The summed E-state index contributed by atoms with van der Waals surface area (Å²) in [6.07, 6.45) is 2.83. The molecule has 2 heterocycles. The summed E-state index contributed by atoms with van der Waals surface area (Å²) in [6.45, 7) is 3.54. The SMILES string of the molecule is [2H]C([2H])(F)CCOC[C@H](CC(C)C)NC(=O)c1ccc(N2CC(OC)C2)c(OCC2CC2)n1. The fraction of sp³-hybridized carbons (Fsp3) is 0.739. The average molecular weight is 440 g/mol. The van der Waals surface area contributed by atoms with Crippen LogP contribution in [0, 0.1) is 11.8 Å². The van der Waals surface area contributed by atoms with Crippen molar-refractivity contribution in [1.29, 1.82) is 0 Å². The Morgan fingerprint density at radius 3 is 2.81 bits per heavy atom. The third-order valence-corrected chi connectivity index (χ3v) is 5.50. The van der Waals surface area contributed by atoms with Gasteiger partial charge in [-0.15, -0.1) is 0 Å². The number of carbonyl (C=O) groups excluding carboxylic acids is 1. The monoisotopic (exact) mass is 439 g/mol. The number of carbonyl (C=O) groups is 1. The molecule has 1 aromatic heterocycles. The van der Waals surface area contributed by atoms with Gasteiger partial charge in [0.1, 0.15) is 11.4 Å². The van der Waals surface area contributed by atoms with E-state index in [2.05, 4.69) is 15.2 Å². The maximum atomic E-state index is 13.0. The van der Waals surface area contributed by atoms with Crippen LogP contribution in [-0.4, -0.2) is 69.7 Å². The zero-order valence-corrected chi connectivity index (χ0v) is 18.7. The van der Waals surface area contributed by atoms with Gasteiger partial charge in [-0.05, 0) is 49.7 Å². The van der Waals surface area contributed by atoms with Crippen LogP contribution in [0.1, 0.15) is 52.8 Å². The Bertz CT molecular complexity index is 783. The zero-order chi connectivity index (χ0) is 24.0. The van der Waals surface area contributed by atoms with Gasteiger partial charge in [0.15, 0.2) is 0 Å². The van der Waals surface area contributed by atoms with Gasteiger partial charge >= 0.3 is 0 Å². The molecule has 174 valence electrons. The summed E-state index contributed by atoms with van der Waals surface area (Å²) in [5.74, 6) is 1.000. The minimum absolute atomic E-state index is 0.0572. The third-order valence-electron chi connectivity index (χ3n) is 5.50. The molecule has 2 fully saturated rings. The van der Waals surface area contributed by atoms with E-state index >= 15 is 0 Å². The van der Waals surface area contributed by atoms with Gasteiger partial charge in [0, 0.05) is 26.8 Å². The van der Waals surface area contributed by atoms with Gasteiger partial charge in [0.2, 0.25) is 5.88 Å². The number of aromatic nitrogens is 1. The van der Waals surface area contributed by atoms with Gasteiger partial charge in [0.25, 0.3) is 5.91 Å². The van der Waals surface area contributed by atoms with Crippen LogP contribution < -0.4 is 15.0 Å². The molecule has 0 bridgehead atoms. The number of hydrogen-bond acceptors (Lipinski definition) is 6. The molecule has 8 heteroatoms. The van der Waals surface area contributed by atoms with E-state index in [0.717, 1.165) is 31.6 Å². The van der Waals surface area contributed by atoms with Gasteiger partial charge in [-0.2, -0.15) is 0 Å². The Hall–Kier alpha value is -1.93. The molecule has 0 unspecified atom stereocenters. The van der Waals surface area contributed by atoms with Crippen molar-refractivity contribution < 1.29 is 26.1 Å². The van der Waals surface area contributed by atoms with Gasteiger partial charge in [0.05, 0.1) is 34.7 Å². The van der Waals surface area contributed by atoms with Crippen molar-refractivity contribution >= 4 is 11.6 Å². The van der Waals surface area contributed by atoms with E-state index in [4.69, 9.17) is 17.0 Å². The molecule has 1 saturated carbocycles. The maximum Gasteiger partial charge on any atom is 0.270 e. The second-order valence-electron chi connectivity index (χ2n) is 8.80. The van der Waals surface area contributed by atoms with Crippen LogP contribution in [0.5, 0.6) is 5.88 Å². The summed E-state index contributed by atoms with van der Waals surface area (Å²) in [5.41, 5.74) is 1.13. The standard InChI is InChI=1S/C23H36FN3O4/c1-16(2)11-18(15-30-10-4-9-24)25-22(28)20-7-8-21(27-12-19(13-27)29-3)23(26-20)31-14-17-5-6-17/h7-8,16-19H,4-6,9-15H2,1-3H3,(H,25,28)/t18-/m0/s1/i9D2. The molecule has 7 nitrogen and oxygen atoms in total. The second-order valence-corrected chi connectivity index (χ2v) is 8.80. The lowest BCUT2D eigenvalue weighted by Crippen LogP contribution is -2.52. The van der Waals surface area contributed by atoms with Crippen molar-refractivity contribution in [2.75, 3.05) is 51.5 Å². The number of nitrogens with zero attached hydrogens (tertiary/aromatic N) is 2. The molecule has 1 atom stereocenters. The topological polar surface area (TPSA) is 72.9 Å². The summed E-state index contributed by atoms with van der Waals surface area (Å²) < 4.78 is 43.7. The van der Waals surface area contributed by atoms with Crippen LogP contribution in [0.25, 0.3) is 0 Å². The number of methoxy groups -OCH3 is 1. The number of hydrogen-bond donors (Lipinski definition) is 1. The number of anilines is 1. The van der Waals surface area contributed by atoms with Crippen molar-refractivity contribution in [3.63, 3.8) is 0 Å². The minimum Gasteiger partial charge on any atom is -0.476 e. The predicted molar refractivity (Wildman–Crippen MR) is 118 cm³/mol. The van der Waals surface area contributed by atoms with Crippen LogP contribution in [0.4, 0.5) is 10.1 Å². The molecule has 31 heavy (non-hydrogen) atoms. The highest BCUT2D eigenvalue weighted by Gasteiger charge is 2.31. The van der Waals surface area contributed by atoms with Crippen LogP contribution in [0.3, 0.4) is 0 Å². The summed E-state index contributed by atoms with van der Waals surface area (Å²) in [6, 6.07) is 3.27. The highest BCUT2D eigenvalue weighted by molar-refractivity contribution is 5.93. The first kappa shape index (κ1) is 20.9. The van der Waals surface area contributed by atoms with E-state index in [1.807, 2.05) is 19.9 Å². The molecular weight excluding hydrogens is 401 g/mol. The molecule has 1 N–H and O–H groups in total. The molecule has 3 rings (SSSR count). The Kier molecular flexibility index (Phi) is 7.85. The number of amides is 1. The number of nitrogens with one attached hydrogen (secondary N) is 1. The molecule has 1 saturated heterocycles. The number of halogens is 1. The lowest BCUT2D eigenvalue weighted by Gasteiger charge is -2.40. The Labute approximate surface area is 187 Å². The third kappa shape index (κ3) is 7.31. The highest BCUT2D eigenvalue weighted by atomic mass is 19.1. The quantitative estimate of drug-likeness (QED) is 0.449. The molecule has 0 radical (unpaired) electrons. The highest BCUT2D eigenvalue weighted by Crippen LogP contribution is 2.34. The molecule has 1 aromatic rings. The van der Waals surface area contributed by atoms with E-state index in [0.29, 0.717) is 30.7 Å². The van der Waals surface area contributed by atoms with Gasteiger partial charge in [-0.25, -0.2) is 4.98 Å². The molecule has 0 spiro atoms. The van der Waals surface area contributed by atoms with Crippen molar-refractivity contribution in [3.05, 3.63) is 17.8 Å². The van der Waals surface area contributed by atoms with E-state index in [1.54, 1.807) is 13.2 Å². The summed E-state index contributed by atoms with van der Waals surface area (Å²) in [5, 5.41) is 2.96. The fourth-order valence-electron chi connectivity index (χ4n) is 3.51. The van der Waals surface area contributed by atoms with E-state index in [9.17, 15) is 9.18 Å². The molecule has 1 aliphatic heterocycles. The van der Waals surface area contributed by atoms with Crippen LogP contribution in [0.2, 0.25) is 0 Å². The number of rotatable bonds is 14. The smallest absolute Gasteiger partial charge is 0.270 e. The predicted octanol–water partition coefficient (Wildman–Crippen LogP) is 3.23. The number of pyridine rings is 1. The minimum atomic E-state index is -2.76. The largest absolute Gasteiger partial charge is 0.476 e. The zero-order valence-electron chi connectivity index (χ0n) is 20.7. The first-order valence-electron chi connectivity index (χ1n) is 12.1. The average Bonchev–Trinajstić information content (AvgIpc) is 3.52. The Morgan fingerprint density at radius 2 is 2.16 bits per heavy atom. The van der Waals surface area contributed by atoms with Gasteiger partial charge in [-0.3, -0.25) is 9.18 Å². The Balaban J connectivity index is 1.63. The van der Waals surface area contributed by atoms with E-state index in [-0.39, 0.29) is 43.4 Å². The van der Waals surface area contributed by atoms with Gasteiger partial charge < -0.3 is 24.4 Å². The lowest BCUT2D eigenvalue weighted by molar-refractivity contribution is 0.0777. The summed E-state index contributed by atoms with van der Waals surface area (Å²) in [7, 11) is 1.70. The van der Waals surface area contributed by atoms with Crippen LogP contribution in [0.15, 0.2) is 12.1 Å². The second kappa shape index (κ2) is 11.6. The maximum absolute atomic E-state index is 13.0. The fourth-order valence-corrected chi connectivity index (χ4v) is 3.51. The van der Waals surface area contributed by atoms with Crippen LogP contribution in [-0.2, 0) is 9.47 Å². The molecule has 1 aliphatic carbocycles. The first-order valence-corrected chi connectivity index (χ1v) is 11.1. The van der Waals surface area contributed by atoms with Crippen molar-refractivity contribution in [2.24, 2.45) is 11.8 Å². The molecular formula is C23H36FN3O4. The molecule has 1 amide bonds. The lowest BCUT2D eigenvalue weighted by atomic mass is 10.0. The number of alkyl halides is 1. The Morgan fingerprint density at radius 1 is 1.39 bits per heavy atom. The van der Waals surface area contributed by atoms with Gasteiger partial charge in [-0.1, -0.05) is 13.8 Å². The van der Waals surface area contributed by atoms with Crippen molar-refractivity contribution in [3.8, 4) is 5.88 Å². The van der Waals surface area contributed by atoms with Crippen LogP contribution >= 0.6 is 0 Å².